The summed E-state index contributed by atoms with van der Waals surface area (Å²) in [5.74, 6) is 0.936. The second kappa shape index (κ2) is 20.4. The first kappa shape index (κ1) is 54.7. The minimum Gasteiger partial charge on any atom is -0.309 e. The van der Waals surface area contributed by atoms with Gasteiger partial charge in [0.25, 0.3) is 0 Å². The first-order valence-corrected chi connectivity index (χ1v) is 26.3. The molecule has 0 bridgehead atoms. The van der Waals surface area contributed by atoms with Gasteiger partial charge in [-0.05, 0) is 119 Å². The topological polar surface area (TPSA) is 72.3 Å². The number of aromatic nitrogens is 5. The Morgan fingerprint density at radius 2 is 0.674 bits per heavy atom. The molecule has 0 saturated carbocycles. The average molecular weight is 1170 g/mol. The van der Waals surface area contributed by atoms with Crippen molar-refractivity contribution in [1.29, 1.82) is 5.26 Å². The Kier molecular flexibility index (Phi) is 13.0. The van der Waals surface area contributed by atoms with Crippen molar-refractivity contribution in [1.82, 2.24) is 24.1 Å². The van der Waals surface area contributed by atoms with Gasteiger partial charge in [-0.3, -0.25) is 0 Å². The molecule has 10 aromatic carbocycles. The summed E-state index contributed by atoms with van der Waals surface area (Å²) in [4.78, 5) is 14.9. The molecule has 13 rings (SSSR count). The van der Waals surface area contributed by atoms with Gasteiger partial charge in [0.15, 0.2) is 17.5 Å². The molecular formula is C68H36F12N6. The summed E-state index contributed by atoms with van der Waals surface area (Å²) >= 11 is 0. The van der Waals surface area contributed by atoms with E-state index in [0.717, 1.165) is 0 Å². The van der Waals surface area contributed by atoms with Crippen LogP contribution < -0.4 is 0 Å². The Labute approximate surface area is 479 Å². The van der Waals surface area contributed by atoms with Gasteiger partial charge in [-0.1, -0.05) is 121 Å². The molecule has 0 spiro atoms. The number of nitrogens with zero attached hydrogens (tertiary/aromatic N) is 6. The van der Waals surface area contributed by atoms with Crippen LogP contribution in [0.5, 0.6) is 0 Å². The van der Waals surface area contributed by atoms with Gasteiger partial charge in [-0.25, -0.2) is 15.0 Å². The minimum atomic E-state index is -5.11. The van der Waals surface area contributed by atoms with E-state index in [2.05, 4.69) is 6.07 Å². The Morgan fingerprint density at radius 3 is 1.10 bits per heavy atom. The molecule has 0 atom stereocenters. The average Bonchev–Trinajstić information content (AvgIpc) is 1.82. The standard InChI is InChI=1S/C68H36F12N6/c69-65(70,71)46-28-44(29-47(35-46)66(72,73)74)41-21-25-59-54(32-41)50-15-7-9-17-56(50)85(59)58-24-19-38(37-81)27-53(58)52-23-20-43(64-83-62(39-11-3-1-4-12-39)82-63(84-64)40-13-5-2-6-14-40)34-61(52)86-57-18-10-8-16-51(57)55-33-42(22-26-60(55)86)45-30-48(67(75,76)77)36-49(31-45)68(78,79)80/h1-36H. The number of halogens is 12. The molecule has 0 N–H and O–H groups in total. The van der Waals surface area contributed by atoms with Crippen molar-refractivity contribution >= 4 is 43.6 Å². The fourth-order valence-corrected chi connectivity index (χ4v) is 11.1. The smallest absolute Gasteiger partial charge is 0.309 e. The number of nitriles is 1. The van der Waals surface area contributed by atoms with Crippen molar-refractivity contribution in [2.45, 2.75) is 24.7 Å². The van der Waals surface area contributed by atoms with Crippen LogP contribution in [0.2, 0.25) is 0 Å². The highest BCUT2D eigenvalue weighted by Crippen LogP contribution is 2.46. The zero-order valence-electron chi connectivity index (χ0n) is 44.0. The maximum atomic E-state index is 14.3. The third kappa shape index (κ3) is 9.89. The number of hydrogen-bond donors (Lipinski definition) is 0. The van der Waals surface area contributed by atoms with Crippen LogP contribution in [0.3, 0.4) is 0 Å². The van der Waals surface area contributed by atoms with E-state index in [1.165, 1.54) is 24.3 Å². The zero-order chi connectivity index (χ0) is 60.0. The van der Waals surface area contributed by atoms with Gasteiger partial charge in [-0.15, -0.1) is 0 Å². The predicted octanol–water partition coefficient (Wildman–Crippen LogP) is 20.0. The maximum Gasteiger partial charge on any atom is 0.416 e. The molecular weight excluding hydrogens is 1130 g/mol. The maximum absolute atomic E-state index is 14.3. The van der Waals surface area contributed by atoms with Gasteiger partial charge >= 0.3 is 24.7 Å². The summed E-state index contributed by atoms with van der Waals surface area (Å²) in [5.41, 5.74) is -0.464. The highest BCUT2D eigenvalue weighted by atomic mass is 19.4. The molecule has 86 heavy (non-hydrogen) atoms. The predicted molar refractivity (Wildman–Crippen MR) is 306 cm³/mol. The van der Waals surface area contributed by atoms with E-state index in [0.29, 0.717) is 119 Å². The van der Waals surface area contributed by atoms with Gasteiger partial charge in [0.05, 0.1) is 67.3 Å². The number of alkyl halides is 12. The molecule has 0 saturated heterocycles. The molecule has 0 radical (unpaired) electrons. The molecule has 0 amide bonds. The number of benzene rings is 10. The fraction of sp³-hybridized carbons (Fsp3) is 0.0588. The van der Waals surface area contributed by atoms with E-state index in [4.69, 9.17) is 15.0 Å². The van der Waals surface area contributed by atoms with Gasteiger partial charge < -0.3 is 9.13 Å². The number of fused-ring (bicyclic) bond motifs is 6. The zero-order valence-corrected chi connectivity index (χ0v) is 44.0. The van der Waals surface area contributed by atoms with Crippen LogP contribution >= 0.6 is 0 Å². The molecule has 0 unspecified atom stereocenters. The molecule has 3 aromatic heterocycles. The van der Waals surface area contributed by atoms with E-state index in [1.54, 1.807) is 84.9 Å². The van der Waals surface area contributed by atoms with E-state index in [1.807, 2.05) is 81.9 Å². The lowest BCUT2D eigenvalue weighted by molar-refractivity contribution is -0.144. The van der Waals surface area contributed by atoms with Crippen LogP contribution in [0.25, 0.3) is 123 Å². The van der Waals surface area contributed by atoms with Crippen LogP contribution in [0, 0.1) is 11.3 Å². The van der Waals surface area contributed by atoms with Gasteiger partial charge in [0.2, 0.25) is 0 Å². The lowest BCUT2D eigenvalue weighted by Gasteiger charge is -2.20. The van der Waals surface area contributed by atoms with Crippen LogP contribution in [0.1, 0.15) is 27.8 Å². The number of para-hydroxylation sites is 2. The Balaban J connectivity index is 1.08. The van der Waals surface area contributed by atoms with Crippen molar-refractivity contribution in [3.63, 3.8) is 0 Å². The summed E-state index contributed by atoms with van der Waals surface area (Å²) < 4.78 is 175. The van der Waals surface area contributed by atoms with Crippen molar-refractivity contribution in [3.8, 4) is 85.0 Å². The molecule has 0 aliphatic carbocycles. The molecule has 422 valence electrons. The van der Waals surface area contributed by atoms with E-state index < -0.39 is 47.0 Å². The van der Waals surface area contributed by atoms with Gasteiger partial charge in [0.1, 0.15) is 0 Å². The number of hydrogen-bond acceptors (Lipinski definition) is 4. The molecule has 0 aliphatic heterocycles. The van der Waals surface area contributed by atoms with E-state index in [9.17, 15) is 57.9 Å². The summed E-state index contributed by atoms with van der Waals surface area (Å²) in [6.45, 7) is 0. The monoisotopic (exact) mass is 1160 g/mol. The largest absolute Gasteiger partial charge is 0.416 e. The second-order valence-electron chi connectivity index (χ2n) is 20.4. The third-order valence-electron chi connectivity index (χ3n) is 15.0. The summed E-state index contributed by atoms with van der Waals surface area (Å²) in [6.07, 6.45) is -20.4. The first-order valence-electron chi connectivity index (χ1n) is 26.3. The minimum absolute atomic E-state index is 0.0606. The van der Waals surface area contributed by atoms with Crippen LogP contribution in [-0.2, 0) is 24.7 Å². The fourth-order valence-electron chi connectivity index (χ4n) is 11.1. The Morgan fingerprint density at radius 1 is 0.291 bits per heavy atom. The summed E-state index contributed by atoms with van der Waals surface area (Å²) in [7, 11) is 0. The van der Waals surface area contributed by atoms with Crippen LogP contribution in [-0.4, -0.2) is 24.1 Å². The quantitative estimate of drug-likeness (QED) is 0.142. The normalized spacial score (nSPS) is 12.4. The molecule has 3 heterocycles. The molecule has 18 heteroatoms. The van der Waals surface area contributed by atoms with E-state index >= 15 is 0 Å². The van der Waals surface area contributed by atoms with Gasteiger partial charge in [0, 0.05) is 49.4 Å². The third-order valence-corrected chi connectivity index (χ3v) is 15.0. The molecule has 0 aliphatic rings. The summed E-state index contributed by atoms with van der Waals surface area (Å²) in [6, 6.07) is 57.3. The highest BCUT2D eigenvalue weighted by molar-refractivity contribution is 6.13. The van der Waals surface area contributed by atoms with Crippen molar-refractivity contribution in [3.05, 3.63) is 246 Å². The first-order chi connectivity index (χ1) is 41.1. The Bertz CT molecular complexity index is 4770. The van der Waals surface area contributed by atoms with Crippen molar-refractivity contribution in [2.75, 3.05) is 0 Å². The van der Waals surface area contributed by atoms with Crippen LogP contribution in [0.15, 0.2) is 218 Å². The molecule has 13 aromatic rings. The number of rotatable bonds is 8. The van der Waals surface area contributed by atoms with Crippen molar-refractivity contribution in [2.24, 2.45) is 0 Å². The second-order valence-corrected chi connectivity index (χ2v) is 20.4. The molecule has 6 nitrogen and oxygen atoms in total. The van der Waals surface area contributed by atoms with E-state index in [-0.39, 0.29) is 45.8 Å². The van der Waals surface area contributed by atoms with Crippen LogP contribution in [0.4, 0.5) is 52.7 Å². The highest BCUT2D eigenvalue weighted by Gasteiger charge is 2.39. The Hall–Kier alpha value is -10.5. The van der Waals surface area contributed by atoms with Gasteiger partial charge in [-0.2, -0.15) is 57.9 Å². The lowest BCUT2D eigenvalue weighted by Crippen LogP contribution is -2.11. The SMILES string of the molecule is N#Cc1ccc(-n2c3ccccc3c3cc(-c4cc(C(F)(F)F)cc(C(F)(F)F)c4)ccc32)c(-c2ccc(-c3nc(-c4ccccc4)nc(-c4ccccc4)n3)cc2-n2c3ccccc3c3cc(-c4cc(C(F)(F)F)cc(C(F)(F)F)c4)ccc32)c1. The lowest BCUT2D eigenvalue weighted by atomic mass is 9.96. The molecule has 0 fully saturated rings. The summed E-state index contributed by atoms with van der Waals surface area (Å²) in [5, 5.41) is 12.7. The van der Waals surface area contributed by atoms with Crippen molar-refractivity contribution < 1.29 is 52.7 Å².